The molecule has 2 rings (SSSR count). The number of rotatable bonds is 2. The Bertz CT molecular complexity index is 570. The van der Waals surface area contributed by atoms with E-state index < -0.39 is 0 Å². The monoisotopic (exact) mass is 248 g/mol. The number of halogens is 1. The number of nitrogens with zero attached hydrogens (tertiary/aromatic N) is 2. The number of carbonyl (C=O) groups is 1. The number of benzene rings is 1. The lowest BCUT2D eigenvalue weighted by Crippen LogP contribution is -2.03. The molecule has 0 atom stereocenters. The zero-order chi connectivity index (χ0) is 12.6. The van der Waals surface area contributed by atoms with E-state index in [0.29, 0.717) is 22.0 Å². The number of aromatic nitrogens is 2. The molecular formula is C13H13ClN2O. The summed E-state index contributed by atoms with van der Waals surface area (Å²) in [4.78, 5) is 12.3. The minimum absolute atomic E-state index is 0.0828. The maximum Gasteiger partial charge on any atom is 0.198 e. The van der Waals surface area contributed by atoms with Gasteiger partial charge in [-0.15, -0.1) is 0 Å². The van der Waals surface area contributed by atoms with Crippen LogP contribution in [0.3, 0.4) is 0 Å². The zero-order valence-electron chi connectivity index (χ0n) is 9.99. The van der Waals surface area contributed by atoms with Crippen LogP contribution < -0.4 is 0 Å². The molecule has 0 radical (unpaired) electrons. The van der Waals surface area contributed by atoms with Gasteiger partial charge in [0.1, 0.15) is 5.15 Å². The highest BCUT2D eigenvalue weighted by Crippen LogP contribution is 2.22. The van der Waals surface area contributed by atoms with E-state index in [1.165, 1.54) is 4.68 Å². The van der Waals surface area contributed by atoms with Crippen molar-refractivity contribution in [1.29, 1.82) is 0 Å². The van der Waals surface area contributed by atoms with Crippen molar-refractivity contribution in [2.75, 3.05) is 0 Å². The summed E-state index contributed by atoms with van der Waals surface area (Å²) in [7, 11) is 1.72. The predicted molar refractivity (Wildman–Crippen MR) is 67.6 cm³/mol. The Balaban J connectivity index is 2.47. The van der Waals surface area contributed by atoms with Crippen molar-refractivity contribution in [1.82, 2.24) is 9.78 Å². The standard InChI is InChI=1S/C13H13ClN2O/c1-8-4-6-10(7-5-8)12(17)11-9(2)15-16(3)13(11)14/h4-7H,1-3H3. The summed E-state index contributed by atoms with van der Waals surface area (Å²) in [6, 6.07) is 7.43. The molecule has 0 aliphatic carbocycles. The molecule has 88 valence electrons. The molecule has 0 fully saturated rings. The van der Waals surface area contributed by atoms with Crippen LogP contribution in [-0.4, -0.2) is 15.6 Å². The number of hydrogen-bond donors (Lipinski definition) is 0. The van der Waals surface area contributed by atoms with E-state index >= 15 is 0 Å². The first kappa shape index (κ1) is 11.9. The summed E-state index contributed by atoms with van der Waals surface area (Å²) in [6.07, 6.45) is 0. The SMILES string of the molecule is Cc1ccc(C(=O)c2c(C)nn(C)c2Cl)cc1. The molecule has 1 heterocycles. The molecule has 0 unspecified atom stereocenters. The fraction of sp³-hybridized carbons (Fsp3) is 0.231. The molecule has 0 N–H and O–H groups in total. The molecule has 0 saturated carbocycles. The summed E-state index contributed by atoms with van der Waals surface area (Å²) in [6.45, 7) is 3.77. The topological polar surface area (TPSA) is 34.9 Å². The Morgan fingerprint density at radius 3 is 2.29 bits per heavy atom. The van der Waals surface area contributed by atoms with Gasteiger partial charge in [-0.1, -0.05) is 41.4 Å². The van der Waals surface area contributed by atoms with Gasteiger partial charge in [-0.25, -0.2) is 0 Å². The predicted octanol–water partition coefficient (Wildman–Crippen LogP) is 2.92. The molecule has 1 aromatic heterocycles. The van der Waals surface area contributed by atoms with Gasteiger partial charge in [-0.2, -0.15) is 5.10 Å². The lowest BCUT2D eigenvalue weighted by Gasteiger charge is -2.01. The minimum Gasteiger partial charge on any atom is -0.288 e. The largest absolute Gasteiger partial charge is 0.288 e. The summed E-state index contributed by atoms with van der Waals surface area (Å²) in [5.74, 6) is -0.0828. The first-order valence-electron chi connectivity index (χ1n) is 5.31. The molecule has 17 heavy (non-hydrogen) atoms. The van der Waals surface area contributed by atoms with Gasteiger partial charge in [0, 0.05) is 12.6 Å². The second-order valence-electron chi connectivity index (χ2n) is 4.07. The van der Waals surface area contributed by atoms with Crippen molar-refractivity contribution in [2.24, 2.45) is 7.05 Å². The van der Waals surface area contributed by atoms with Crippen LogP contribution in [0.5, 0.6) is 0 Å². The quantitative estimate of drug-likeness (QED) is 0.766. The van der Waals surface area contributed by atoms with Gasteiger partial charge in [0.05, 0.1) is 11.3 Å². The minimum atomic E-state index is -0.0828. The van der Waals surface area contributed by atoms with E-state index in [9.17, 15) is 4.79 Å². The molecule has 4 heteroatoms. The lowest BCUT2D eigenvalue weighted by molar-refractivity contribution is 0.103. The van der Waals surface area contributed by atoms with Crippen LogP contribution in [0.15, 0.2) is 24.3 Å². The maximum atomic E-state index is 12.3. The molecule has 0 spiro atoms. The summed E-state index contributed by atoms with van der Waals surface area (Å²) < 4.78 is 1.51. The Morgan fingerprint density at radius 1 is 1.24 bits per heavy atom. The van der Waals surface area contributed by atoms with Crippen LogP contribution in [0.25, 0.3) is 0 Å². The van der Waals surface area contributed by atoms with Gasteiger partial charge in [0.2, 0.25) is 0 Å². The molecule has 0 aliphatic heterocycles. The first-order valence-corrected chi connectivity index (χ1v) is 5.69. The maximum absolute atomic E-state index is 12.3. The fourth-order valence-corrected chi connectivity index (χ4v) is 2.00. The third-order valence-electron chi connectivity index (χ3n) is 2.69. The van der Waals surface area contributed by atoms with Crippen molar-refractivity contribution >= 4 is 17.4 Å². The van der Waals surface area contributed by atoms with Crippen molar-refractivity contribution < 1.29 is 4.79 Å². The third kappa shape index (κ3) is 2.11. The summed E-state index contributed by atoms with van der Waals surface area (Å²) in [5, 5.41) is 4.52. The second kappa shape index (κ2) is 4.34. The van der Waals surface area contributed by atoms with Gasteiger partial charge in [-0.3, -0.25) is 9.48 Å². The molecule has 0 bridgehead atoms. The van der Waals surface area contributed by atoms with Crippen molar-refractivity contribution in [3.05, 3.63) is 51.8 Å². The first-order chi connectivity index (χ1) is 8.00. The lowest BCUT2D eigenvalue weighted by atomic mass is 10.0. The van der Waals surface area contributed by atoms with E-state index in [-0.39, 0.29) is 5.78 Å². The van der Waals surface area contributed by atoms with Gasteiger partial charge in [-0.05, 0) is 13.8 Å². The van der Waals surface area contributed by atoms with Gasteiger partial charge in [0.25, 0.3) is 0 Å². The van der Waals surface area contributed by atoms with Crippen LogP contribution in [0.1, 0.15) is 27.2 Å². The van der Waals surface area contributed by atoms with E-state index in [2.05, 4.69) is 5.10 Å². The highest BCUT2D eigenvalue weighted by molar-refractivity contribution is 6.34. The van der Waals surface area contributed by atoms with Gasteiger partial charge < -0.3 is 0 Å². The smallest absolute Gasteiger partial charge is 0.198 e. The molecule has 0 amide bonds. The van der Waals surface area contributed by atoms with Crippen LogP contribution in [-0.2, 0) is 7.05 Å². The van der Waals surface area contributed by atoms with Crippen molar-refractivity contribution in [3.63, 3.8) is 0 Å². The Labute approximate surface area is 105 Å². The summed E-state index contributed by atoms with van der Waals surface area (Å²) in [5.41, 5.74) is 2.89. The van der Waals surface area contributed by atoms with E-state index in [1.807, 2.05) is 19.1 Å². The molecule has 0 saturated heterocycles. The van der Waals surface area contributed by atoms with E-state index in [0.717, 1.165) is 5.56 Å². The Kier molecular flexibility index (Phi) is 3.03. The van der Waals surface area contributed by atoms with Crippen LogP contribution in [0.4, 0.5) is 0 Å². The average Bonchev–Trinajstić information content (AvgIpc) is 2.53. The molecule has 3 nitrogen and oxygen atoms in total. The fourth-order valence-electron chi connectivity index (χ4n) is 1.74. The number of ketones is 1. The van der Waals surface area contributed by atoms with Crippen molar-refractivity contribution in [3.8, 4) is 0 Å². The molecule has 0 aliphatic rings. The highest BCUT2D eigenvalue weighted by Gasteiger charge is 2.19. The van der Waals surface area contributed by atoms with Crippen LogP contribution in [0.2, 0.25) is 5.15 Å². The molecular weight excluding hydrogens is 236 g/mol. The van der Waals surface area contributed by atoms with E-state index in [4.69, 9.17) is 11.6 Å². The third-order valence-corrected chi connectivity index (χ3v) is 3.13. The number of aryl methyl sites for hydroxylation is 3. The van der Waals surface area contributed by atoms with Crippen molar-refractivity contribution in [2.45, 2.75) is 13.8 Å². The average molecular weight is 249 g/mol. The number of hydrogen-bond acceptors (Lipinski definition) is 2. The normalized spacial score (nSPS) is 10.6. The van der Waals surface area contributed by atoms with Gasteiger partial charge in [0.15, 0.2) is 5.78 Å². The second-order valence-corrected chi connectivity index (χ2v) is 4.43. The number of carbonyl (C=O) groups excluding carboxylic acids is 1. The van der Waals surface area contributed by atoms with Gasteiger partial charge >= 0.3 is 0 Å². The van der Waals surface area contributed by atoms with E-state index in [1.54, 1.807) is 26.1 Å². The molecule has 2 aromatic rings. The summed E-state index contributed by atoms with van der Waals surface area (Å²) >= 11 is 6.07. The molecule has 1 aromatic carbocycles. The van der Waals surface area contributed by atoms with Crippen LogP contribution in [0, 0.1) is 13.8 Å². The Morgan fingerprint density at radius 2 is 1.82 bits per heavy atom. The van der Waals surface area contributed by atoms with Crippen LogP contribution >= 0.6 is 11.6 Å². The Hall–Kier alpha value is -1.61. The highest BCUT2D eigenvalue weighted by atomic mass is 35.5. The zero-order valence-corrected chi connectivity index (χ0v) is 10.7.